The normalized spacial score (nSPS) is 15.0. The predicted octanol–water partition coefficient (Wildman–Crippen LogP) is 5.60. The van der Waals surface area contributed by atoms with Crippen LogP contribution in [0.15, 0.2) is 71.0 Å². The number of nitrogens with zero attached hydrogens (tertiary/aromatic N) is 3. The summed E-state index contributed by atoms with van der Waals surface area (Å²) in [6.07, 6.45) is 2.21. The highest BCUT2D eigenvalue weighted by Crippen LogP contribution is 2.37. The third-order valence-electron chi connectivity index (χ3n) is 5.50. The molecule has 1 aliphatic rings. The van der Waals surface area contributed by atoms with E-state index in [2.05, 4.69) is 17.2 Å². The fourth-order valence-electron chi connectivity index (χ4n) is 3.79. The predicted molar refractivity (Wildman–Crippen MR) is 134 cm³/mol. The van der Waals surface area contributed by atoms with Crippen molar-refractivity contribution in [2.75, 3.05) is 17.7 Å². The molecule has 0 aliphatic carbocycles. The molecule has 178 valence electrons. The van der Waals surface area contributed by atoms with E-state index in [1.54, 1.807) is 16.4 Å². The number of anilines is 1. The zero-order valence-electron chi connectivity index (χ0n) is 19.8. The molecule has 1 N–H and O–H groups in total. The van der Waals surface area contributed by atoms with Crippen LogP contribution in [0.4, 0.5) is 5.95 Å². The molecule has 8 heteroatoms. The molecular formula is C26H30N4O3S. The lowest BCUT2D eigenvalue weighted by Gasteiger charge is -2.28. The number of unbranched alkanes of at least 4 members (excludes halogenated alkanes) is 1. The summed E-state index contributed by atoms with van der Waals surface area (Å²) < 4.78 is 13.1. The smallest absolute Gasteiger partial charge is 0.338 e. The third kappa shape index (κ3) is 5.44. The molecule has 2 heterocycles. The number of allylic oxidation sites excluding steroid dienone is 1. The first-order valence-electron chi connectivity index (χ1n) is 11.6. The zero-order chi connectivity index (χ0) is 23.9. The van der Waals surface area contributed by atoms with E-state index in [-0.39, 0.29) is 12.6 Å². The Morgan fingerprint density at radius 3 is 2.59 bits per heavy atom. The van der Waals surface area contributed by atoms with Crippen molar-refractivity contribution in [2.45, 2.75) is 51.4 Å². The maximum atomic E-state index is 13.4. The molecule has 1 unspecified atom stereocenters. The second kappa shape index (κ2) is 11.2. The van der Waals surface area contributed by atoms with Crippen LogP contribution >= 0.6 is 11.8 Å². The standard InChI is InChI=1S/C26H30N4O3S/c1-4-6-16-34-26-28-25-27-18(3)22(24(31)33-17-19-10-8-7-9-11-19)23(30(25)29-26)20-12-14-21(15-13-20)32-5-2/h7-15,23H,4-6,16-17H2,1-3H3,(H,27,28,29). The maximum absolute atomic E-state index is 13.4. The molecule has 0 amide bonds. The molecule has 1 atom stereocenters. The van der Waals surface area contributed by atoms with E-state index in [0.29, 0.717) is 29.0 Å². The number of aromatic nitrogens is 3. The molecule has 7 nitrogen and oxygen atoms in total. The van der Waals surface area contributed by atoms with Crippen LogP contribution in [-0.4, -0.2) is 33.1 Å². The number of hydrogen-bond acceptors (Lipinski definition) is 7. The SMILES string of the molecule is CCCCSc1nc2n(n1)C(c1ccc(OCC)cc1)C(C(=O)OCc1ccccc1)=C(C)N2. The average molecular weight is 479 g/mol. The number of hydrogen-bond donors (Lipinski definition) is 1. The Balaban J connectivity index is 1.66. The van der Waals surface area contributed by atoms with Gasteiger partial charge in [-0.2, -0.15) is 4.98 Å². The first-order chi connectivity index (χ1) is 16.6. The van der Waals surface area contributed by atoms with Crippen molar-refractivity contribution < 1.29 is 14.3 Å². The number of ether oxygens (including phenoxy) is 2. The number of carbonyl (C=O) groups excluding carboxylic acids is 1. The molecule has 34 heavy (non-hydrogen) atoms. The van der Waals surface area contributed by atoms with Gasteiger partial charge in [0, 0.05) is 11.4 Å². The Bertz CT molecular complexity index is 1140. The number of rotatable bonds is 10. The van der Waals surface area contributed by atoms with Gasteiger partial charge in [0.05, 0.1) is 12.2 Å². The molecule has 2 aromatic carbocycles. The van der Waals surface area contributed by atoms with E-state index in [9.17, 15) is 4.79 Å². The molecule has 4 rings (SSSR count). The van der Waals surface area contributed by atoms with Gasteiger partial charge in [-0.1, -0.05) is 67.6 Å². The molecule has 0 radical (unpaired) electrons. The van der Waals surface area contributed by atoms with Gasteiger partial charge >= 0.3 is 5.97 Å². The summed E-state index contributed by atoms with van der Waals surface area (Å²) >= 11 is 1.63. The number of esters is 1. The Morgan fingerprint density at radius 2 is 1.88 bits per heavy atom. The molecular weight excluding hydrogens is 448 g/mol. The van der Waals surface area contributed by atoms with Gasteiger partial charge in [0.2, 0.25) is 11.1 Å². The lowest BCUT2D eigenvalue weighted by molar-refractivity contribution is -0.140. The van der Waals surface area contributed by atoms with Gasteiger partial charge in [-0.25, -0.2) is 9.48 Å². The Kier molecular flexibility index (Phi) is 7.90. The van der Waals surface area contributed by atoms with Crippen molar-refractivity contribution in [3.8, 4) is 5.75 Å². The van der Waals surface area contributed by atoms with Gasteiger partial charge in [-0.15, -0.1) is 5.10 Å². The molecule has 0 spiro atoms. The highest BCUT2D eigenvalue weighted by atomic mass is 32.2. The van der Waals surface area contributed by atoms with Crippen LogP contribution in [0.1, 0.15) is 50.8 Å². The first-order valence-corrected chi connectivity index (χ1v) is 12.6. The van der Waals surface area contributed by atoms with Crippen molar-refractivity contribution in [1.82, 2.24) is 14.8 Å². The largest absolute Gasteiger partial charge is 0.494 e. The molecule has 0 bridgehead atoms. The first kappa shape index (κ1) is 23.9. The maximum Gasteiger partial charge on any atom is 0.338 e. The van der Waals surface area contributed by atoms with E-state index in [0.717, 1.165) is 35.5 Å². The number of benzene rings is 2. The molecule has 0 saturated carbocycles. The Morgan fingerprint density at radius 1 is 1.12 bits per heavy atom. The number of nitrogens with one attached hydrogen (secondary N) is 1. The zero-order valence-corrected chi connectivity index (χ0v) is 20.6. The van der Waals surface area contributed by atoms with Crippen LogP contribution < -0.4 is 10.1 Å². The molecule has 3 aromatic rings. The van der Waals surface area contributed by atoms with Gasteiger partial charge in [-0.05, 0) is 43.5 Å². The Labute approximate surface area is 204 Å². The van der Waals surface area contributed by atoms with Gasteiger partial charge in [0.1, 0.15) is 18.4 Å². The van der Waals surface area contributed by atoms with Crippen LogP contribution in [0.2, 0.25) is 0 Å². The van der Waals surface area contributed by atoms with Gasteiger partial charge in [0.25, 0.3) is 0 Å². The highest BCUT2D eigenvalue weighted by molar-refractivity contribution is 7.99. The minimum Gasteiger partial charge on any atom is -0.494 e. The van der Waals surface area contributed by atoms with E-state index in [1.165, 1.54) is 0 Å². The molecule has 0 fully saturated rings. The van der Waals surface area contributed by atoms with Crippen LogP contribution in [-0.2, 0) is 16.1 Å². The molecule has 1 aromatic heterocycles. The van der Waals surface area contributed by atoms with E-state index in [1.807, 2.05) is 68.4 Å². The van der Waals surface area contributed by atoms with E-state index < -0.39 is 6.04 Å². The number of thioether (sulfide) groups is 1. The van der Waals surface area contributed by atoms with Crippen molar-refractivity contribution in [1.29, 1.82) is 0 Å². The molecule has 1 aliphatic heterocycles. The summed E-state index contributed by atoms with van der Waals surface area (Å²) in [5, 5.41) is 8.71. The van der Waals surface area contributed by atoms with Crippen LogP contribution in [0.3, 0.4) is 0 Å². The van der Waals surface area contributed by atoms with Crippen molar-refractivity contribution in [3.05, 3.63) is 77.0 Å². The minimum absolute atomic E-state index is 0.203. The van der Waals surface area contributed by atoms with E-state index >= 15 is 0 Å². The van der Waals surface area contributed by atoms with Crippen molar-refractivity contribution in [2.24, 2.45) is 0 Å². The van der Waals surface area contributed by atoms with Crippen LogP contribution in [0.25, 0.3) is 0 Å². The van der Waals surface area contributed by atoms with Crippen LogP contribution in [0, 0.1) is 0 Å². The lowest BCUT2D eigenvalue weighted by Crippen LogP contribution is -2.29. The van der Waals surface area contributed by atoms with Gasteiger partial charge in [-0.3, -0.25) is 0 Å². The summed E-state index contributed by atoms with van der Waals surface area (Å²) in [7, 11) is 0. The monoisotopic (exact) mass is 478 g/mol. The lowest BCUT2D eigenvalue weighted by atomic mass is 9.95. The fraction of sp³-hybridized carbons (Fsp3) is 0.346. The second-order valence-corrected chi connectivity index (χ2v) is 9.06. The van der Waals surface area contributed by atoms with Crippen molar-refractivity contribution >= 4 is 23.7 Å². The molecule has 0 saturated heterocycles. The number of fused-ring (bicyclic) bond motifs is 1. The van der Waals surface area contributed by atoms with Gasteiger partial charge in [0.15, 0.2) is 0 Å². The summed E-state index contributed by atoms with van der Waals surface area (Å²) in [4.78, 5) is 18.0. The quantitative estimate of drug-likeness (QED) is 0.231. The third-order valence-corrected chi connectivity index (χ3v) is 6.43. The van der Waals surface area contributed by atoms with Gasteiger partial charge < -0.3 is 14.8 Å². The number of carbonyl (C=O) groups is 1. The summed E-state index contributed by atoms with van der Waals surface area (Å²) in [5.41, 5.74) is 3.07. The summed E-state index contributed by atoms with van der Waals surface area (Å²) in [6.45, 7) is 6.79. The average Bonchev–Trinajstić information content (AvgIpc) is 3.25. The highest BCUT2D eigenvalue weighted by Gasteiger charge is 2.35. The topological polar surface area (TPSA) is 78.3 Å². The summed E-state index contributed by atoms with van der Waals surface area (Å²) in [5.74, 6) is 1.97. The van der Waals surface area contributed by atoms with E-state index in [4.69, 9.17) is 14.6 Å². The van der Waals surface area contributed by atoms with Crippen molar-refractivity contribution in [3.63, 3.8) is 0 Å². The second-order valence-electron chi connectivity index (χ2n) is 7.99. The van der Waals surface area contributed by atoms with Crippen LogP contribution in [0.5, 0.6) is 5.75 Å². The Hall–Kier alpha value is -3.26. The summed E-state index contributed by atoms with van der Waals surface area (Å²) in [6, 6.07) is 17.0. The minimum atomic E-state index is -0.455. The fourth-order valence-corrected chi connectivity index (χ4v) is 4.70.